The SMILES string of the molecule is [I][Pt+2][I].[NH-]c1nc2ccc(Br)cc2s1.[NH-]c1nc2ccc(Br)cc2s1. The van der Waals surface area contributed by atoms with Crippen LogP contribution in [0.15, 0.2) is 45.3 Å². The van der Waals surface area contributed by atoms with E-state index in [-0.39, 0.29) is 0 Å². The van der Waals surface area contributed by atoms with Gasteiger partial charge in [-0.15, -0.1) is 22.7 Å². The molecule has 2 heterocycles. The van der Waals surface area contributed by atoms with Gasteiger partial charge >= 0.3 is 49.9 Å². The summed E-state index contributed by atoms with van der Waals surface area (Å²) in [5.74, 6) is 0. The minimum absolute atomic E-state index is 0.373. The molecule has 2 N–H and O–H groups in total. The summed E-state index contributed by atoms with van der Waals surface area (Å²) in [6.45, 7) is 0. The second kappa shape index (κ2) is 11.1. The Kier molecular flexibility index (Phi) is 9.83. The molecule has 0 spiro atoms. The minimum Gasteiger partial charge on any atom is -0.473 e. The first-order chi connectivity index (χ1) is 11.9. The fourth-order valence-electron chi connectivity index (χ4n) is 1.80. The molecule has 0 saturated carbocycles. The molecule has 2 aromatic heterocycles. The monoisotopic (exact) mass is 903 g/mol. The fraction of sp³-hybridized carbons (Fsp3) is 0. The van der Waals surface area contributed by atoms with Crippen LogP contribution in [0.25, 0.3) is 31.9 Å². The normalized spacial score (nSPS) is 10.2. The van der Waals surface area contributed by atoms with Gasteiger partial charge in [0.15, 0.2) is 0 Å². The van der Waals surface area contributed by atoms with E-state index < -0.39 is 0 Å². The molecular formula is C14H8Br2I2N4PtS2. The third-order valence-electron chi connectivity index (χ3n) is 2.70. The molecule has 0 fully saturated rings. The van der Waals surface area contributed by atoms with Crippen LogP contribution in [0.1, 0.15) is 0 Å². The van der Waals surface area contributed by atoms with Crippen molar-refractivity contribution in [2.45, 2.75) is 0 Å². The van der Waals surface area contributed by atoms with Crippen molar-refractivity contribution in [1.82, 2.24) is 9.97 Å². The smallest absolute Gasteiger partial charge is 0.0312 e. The number of nitrogens with one attached hydrogen (secondary N) is 2. The number of nitrogens with zero attached hydrogens (tertiary/aromatic N) is 2. The van der Waals surface area contributed by atoms with Crippen molar-refractivity contribution in [2.75, 3.05) is 0 Å². The summed E-state index contributed by atoms with van der Waals surface area (Å²) < 4.78 is 4.19. The predicted molar refractivity (Wildman–Crippen MR) is 131 cm³/mol. The second-order valence-corrected chi connectivity index (χ2v) is 24.8. The van der Waals surface area contributed by atoms with E-state index in [0.717, 1.165) is 29.4 Å². The van der Waals surface area contributed by atoms with Gasteiger partial charge in [0.2, 0.25) is 0 Å². The van der Waals surface area contributed by atoms with Crippen molar-refractivity contribution in [3.05, 3.63) is 56.8 Å². The molecular weight excluding hydrogens is 897 g/mol. The summed E-state index contributed by atoms with van der Waals surface area (Å²) in [4.78, 5) is 8.04. The van der Waals surface area contributed by atoms with Crippen LogP contribution in [0.3, 0.4) is 0 Å². The average molecular weight is 905 g/mol. The second-order valence-electron chi connectivity index (χ2n) is 4.31. The van der Waals surface area contributed by atoms with E-state index in [0.29, 0.717) is 21.5 Å². The maximum Gasteiger partial charge on any atom is 0.0312 e. The van der Waals surface area contributed by atoms with Crippen LogP contribution in [0.4, 0.5) is 10.3 Å². The van der Waals surface area contributed by atoms with Crippen molar-refractivity contribution >= 4 is 124 Å². The Bertz CT molecular complexity index is 902. The number of fused-ring (bicyclic) bond motifs is 2. The van der Waals surface area contributed by atoms with E-state index in [4.69, 9.17) is 11.5 Å². The average Bonchev–Trinajstić information content (AvgIpc) is 3.08. The van der Waals surface area contributed by atoms with E-state index >= 15 is 0 Å². The first kappa shape index (κ1) is 22.2. The maximum absolute atomic E-state index is 7.29. The van der Waals surface area contributed by atoms with Crippen molar-refractivity contribution in [2.24, 2.45) is 0 Å². The number of hydrogen-bond donors (Lipinski definition) is 0. The zero-order valence-electron chi connectivity index (χ0n) is 12.0. The summed E-state index contributed by atoms with van der Waals surface area (Å²) in [6, 6.07) is 11.6. The molecule has 11 heteroatoms. The summed E-state index contributed by atoms with van der Waals surface area (Å²) in [7, 11) is 0. The third kappa shape index (κ3) is 7.11. The van der Waals surface area contributed by atoms with Crippen LogP contribution in [0.2, 0.25) is 0 Å². The molecule has 0 atom stereocenters. The zero-order chi connectivity index (χ0) is 18.4. The maximum atomic E-state index is 7.29. The van der Waals surface area contributed by atoms with E-state index in [9.17, 15) is 0 Å². The van der Waals surface area contributed by atoms with Gasteiger partial charge in [-0.1, -0.05) is 44.0 Å². The predicted octanol–water partition coefficient (Wildman–Crippen LogP) is 9.25. The molecule has 134 valence electrons. The van der Waals surface area contributed by atoms with Crippen LogP contribution >= 0.6 is 93.2 Å². The Morgan fingerprint density at radius 3 is 1.52 bits per heavy atom. The Labute approximate surface area is 199 Å². The van der Waals surface area contributed by atoms with Gasteiger partial charge in [-0.25, -0.2) is 0 Å². The van der Waals surface area contributed by atoms with Crippen LogP contribution < -0.4 is 0 Å². The van der Waals surface area contributed by atoms with Crippen molar-refractivity contribution in [3.8, 4) is 0 Å². The van der Waals surface area contributed by atoms with Crippen LogP contribution in [-0.4, -0.2) is 9.97 Å². The van der Waals surface area contributed by atoms with Crippen molar-refractivity contribution in [3.63, 3.8) is 0 Å². The molecule has 0 aliphatic rings. The molecule has 0 aliphatic heterocycles. The van der Waals surface area contributed by atoms with Gasteiger partial charge in [-0.2, -0.15) is 0 Å². The van der Waals surface area contributed by atoms with E-state index in [1.165, 1.54) is 22.7 Å². The summed E-state index contributed by atoms with van der Waals surface area (Å²) in [6.07, 6.45) is 0. The molecule has 0 unspecified atom stereocenters. The van der Waals surface area contributed by atoms with Gasteiger partial charge < -0.3 is 21.4 Å². The van der Waals surface area contributed by atoms with E-state index in [2.05, 4.69) is 80.5 Å². The fourth-order valence-corrected chi connectivity index (χ4v) is 4.34. The van der Waals surface area contributed by atoms with E-state index in [1.807, 2.05) is 36.4 Å². The molecule has 4 nitrogen and oxygen atoms in total. The Hall–Kier alpha value is 0.928. The van der Waals surface area contributed by atoms with Gasteiger partial charge in [0.05, 0.1) is 0 Å². The topological polar surface area (TPSA) is 73.4 Å². The molecule has 0 radical (unpaired) electrons. The summed E-state index contributed by atoms with van der Waals surface area (Å²) in [5, 5.41) is 0.746. The quantitative estimate of drug-likeness (QED) is 0.165. The van der Waals surface area contributed by atoms with Crippen LogP contribution in [-0.2, 0) is 11.2 Å². The van der Waals surface area contributed by atoms with Crippen molar-refractivity contribution < 1.29 is 11.2 Å². The molecule has 25 heavy (non-hydrogen) atoms. The molecule has 4 rings (SSSR count). The molecule has 4 aromatic rings. The van der Waals surface area contributed by atoms with Crippen LogP contribution in [0, 0.1) is 0 Å². The number of aromatic nitrogens is 2. The first-order valence-electron chi connectivity index (χ1n) is 6.30. The summed E-state index contributed by atoms with van der Waals surface area (Å²) in [5.41, 5.74) is 16.4. The Balaban J connectivity index is 0.000000156. The molecule has 0 bridgehead atoms. The van der Waals surface area contributed by atoms with Gasteiger partial charge in [0, 0.05) is 18.3 Å². The molecule has 0 amide bonds. The molecule has 0 saturated heterocycles. The first-order valence-corrected chi connectivity index (χ1v) is 22.4. The molecule has 0 aliphatic carbocycles. The Morgan fingerprint density at radius 1 is 0.800 bits per heavy atom. The van der Waals surface area contributed by atoms with E-state index in [1.54, 1.807) is 0 Å². The third-order valence-corrected chi connectivity index (χ3v) is 5.35. The number of hydrogen-bond acceptors (Lipinski definition) is 4. The van der Waals surface area contributed by atoms with Gasteiger partial charge in [0.25, 0.3) is 0 Å². The van der Waals surface area contributed by atoms with Gasteiger partial charge in [0.1, 0.15) is 0 Å². The van der Waals surface area contributed by atoms with Crippen LogP contribution in [0.5, 0.6) is 0 Å². The minimum atomic E-state index is 0.373. The molecule has 2 aromatic carbocycles. The Morgan fingerprint density at radius 2 is 1.16 bits per heavy atom. The number of thiazole rings is 2. The number of rotatable bonds is 0. The van der Waals surface area contributed by atoms with Gasteiger partial charge in [-0.3, -0.25) is 0 Å². The standard InChI is InChI=1S/2C7H4BrN2S.2HI.Pt/c2*8-4-1-2-5-6(3-4)11-7(9)10-5;;;/h2*1-3H,(H-,9,10);2*1H;/q2*-1;;;+4/p-2. The number of halogens is 4. The largest absolute Gasteiger partial charge is 0.473 e. The number of benzene rings is 2. The zero-order valence-corrected chi connectivity index (χ0v) is 23.4. The van der Waals surface area contributed by atoms with Crippen molar-refractivity contribution in [1.29, 1.82) is 0 Å². The van der Waals surface area contributed by atoms with Gasteiger partial charge in [-0.05, 0) is 45.6 Å². The summed E-state index contributed by atoms with van der Waals surface area (Å²) >= 11 is 14.8.